The number of fused-ring (bicyclic) bond motifs is 24. The van der Waals surface area contributed by atoms with Gasteiger partial charge in [-0.2, -0.15) is 0 Å². The van der Waals surface area contributed by atoms with Gasteiger partial charge in [0.1, 0.15) is 0 Å². The first-order valence-electron chi connectivity index (χ1n) is 34.7. The van der Waals surface area contributed by atoms with Crippen molar-refractivity contribution in [2.24, 2.45) is 0 Å². The SMILES string of the molecule is CC(C)(C)c1cc2c3c(c1)-n1c4c(-c5ccccc5)cccc4c4ccccc4c4ccccc4c4c(-n5c6ccccc6c6ccccc65)ccc(c41)B3c1ccc(-n3c4ccccc4c4ccccc43)c3c4ccccc4c4ccccc4c4cccc(-c5ccccc5)c4n-2c13. The van der Waals surface area contributed by atoms with Gasteiger partial charge in [-0.05, 0) is 130 Å². The Morgan fingerprint density at radius 3 is 0.879 bits per heavy atom. The van der Waals surface area contributed by atoms with Gasteiger partial charge in [0.15, 0.2) is 0 Å². The molecule has 2 aliphatic heterocycles. The third-order valence-electron chi connectivity index (χ3n) is 22.0. The molecule has 0 bridgehead atoms. The van der Waals surface area contributed by atoms with Crippen LogP contribution in [0.25, 0.3) is 175 Å². The first-order valence-corrected chi connectivity index (χ1v) is 34.7. The predicted octanol–water partition coefficient (Wildman–Crippen LogP) is 22.7. The molecule has 0 saturated heterocycles. The topological polar surface area (TPSA) is 19.7 Å². The van der Waals surface area contributed by atoms with Gasteiger partial charge in [-0.15, -0.1) is 0 Å². The van der Waals surface area contributed by atoms with Crippen LogP contribution in [0.4, 0.5) is 0 Å². The average molecular weight is 1260 g/mol. The van der Waals surface area contributed by atoms with E-state index < -0.39 is 0 Å². The molecule has 0 atom stereocenters. The molecule has 462 valence electrons. The molecule has 0 spiro atoms. The minimum Gasteiger partial charge on any atom is -0.309 e. The third kappa shape index (κ3) is 7.87. The second-order valence-corrected chi connectivity index (χ2v) is 28.1. The summed E-state index contributed by atoms with van der Waals surface area (Å²) >= 11 is 0. The summed E-state index contributed by atoms with van der Waals surface area (Å²) in [7, 11) is 0. The third-order valence-corrected chi connectivity index (χ3v) is 22.0. The molecule has 19 aromatic rings. The fourth-order valence-electron chi connectivity index (χ4n) is 17.8. The van der Waals surface area contributed by atoms with Crippen molar-refractivity contribution in [3.05, 3.63) is 333 Å². The molecule has 15 aromatic carbocycles. The van der Waals surface area contributed by atoms with Crippen molar-refractivity contribution < 1.29 is 0 Å². The van der Waals surface area contributed by atoms with Crippen LogP contribution in [0, 0.1) is 0 Å². The Kier molecular flexibility index (Phi) is 11.9. The van der Waals surface area contributed by atoms with Crippen molar-refractivity contribution in [2.75, 3.05) is 0 Å². The maximum Gasteiger partial charge on any atom is 0.252 e. The van der Waals surface area contributed by atoms with Crippen LogP contribution in [0.15, 0.2) is 328 Å². The van der Waals surface area contributed by atoms with Gasteiger partial charge in [-0.25, -0.2) is 0 Å². The molecule has 0 amide bonds. The van der Waals surface area contributed by atoms with Crippen LogP contribution in [-0.4, -0.2) is 25.0 Å². The van der Waals surface area contributed by atoms with Crippen LogP contribution in [0.2, 0.25) is 0 Å². The number of nitrogens with zero attached hydrogens (tertiary/aromatic N) is 4. The summed E-state index contributed by atoms with van der Waals surface area (Å²) in [6.07, 6.45) is 0. The van der Waals surface area contributed by atoms with Crippen molar-refractivity contribution in [3.63, 3.8) is 0 Å². The Morgan fingerprint density at radius 2 is 0.525 bits per heavy atom. The number of hydrogen-bond donors (Lipinski definition) is 0. The Hall–Kier alpha value is -12.4. The molecule has 4 aromatic heterocycles. The van der Waals surface area contributed by atoms with Crippen LogP contribution in [0.1, 0.15) is 26.3 Å². The Balaban J connectivity index is 1.10. The number of benzene rings is 15. The highest BCUT2D eigenvalue weighted by molar-refractivity contribution is 7.00. The van der Waals surface area contributed by atoms with Gasteiger partial charge in [-0.3, -0.25) is 0 Å². The zero-order valence-corrected chi connectivity index (χ0v) is 55.0. The predicted molar refractivity (Wildman–Crippen MR) is 423 cm³/mol. The van der Waals surface area contributed by atoms with Gasteiger partial charge in [0.2, 0.25) is 0 Å². The molecule has 0 radical (unpaired) electrons. The molecule has 0 fully saturated rings. The van der Waals surface area contributed by atoms with Gasteiger partial charge >= 0.3 is 0 Å². The van der Waals surface area contributed by atoms with E-state index in [4.69, 9.17) is 0 Å². The minimum atomic E-state index is -0.343. The molecular weight excluding hydrogens is 1200 g/mol. The minimum absolute atomic E-state index is 0.302. The largest absolute Gasteiger partial charge is 0.309 e. The van der Waals surface area contributed by atoms with Crippen LogP contribution in [-0.2, 0) is 5.41 Å². The van der Waals surface area contributed by atoms with E-state index in [-0.39, 0.29) is 12.1 Å². The van der Waals surface area contributed by atoms with E-state index in [9.17, 15) is 0 Å². The zero-order valence-electron chi connectivity index (χ0n) is 55.0. The number of hydrogen-bond acceptors (Lipinski definition) is 0. The smallest absolute Gasteiger partial charge is 0.252 e. The van der Waals surface area contributed by atoms with Gasteiger partial charge < -0.3 is 18.3 Å². The van der Waals surface area contributed by atoms with Crippen molar-refractivity contribution in [3.8, 4) is 45.0 Å². The van der Waals surface area contributed by atoms with E-state index >= 15 is 0 Å². The molecule has 99 heavy (non-hydrogen) atoms. The van der Waals surface area contributed by atoms with E-state index in [2.05, 4.69) is 367 Å². The lowest BCUT2D eigenvalue weighted by molar-refractivity contribution is 0.589. The number of rotatable bonds is 4. The molecule has 0 saturated carbocycles. The molecule has 2 aliphatic rings. The van der Waals surface area contributed by atoms with Crippen molar-refractivity contribution in [1.82, 2.24) is 18.3 Å². The zero-order chi connectivity index (χ0) is 65.4. The first-order chi connectivity index (χ1) is 48.9. The lowest BCUT2D eigenvalue weighted by Gasteiger charge is -2.38. The number of para-hydroxylation sites is 6. The van der Waals surface area contributed by atoms with Crippen molar-refractivity contribution in [2.45, 2.75) is 26.2 Å². The fraction of sp³-hybridized carbons (Fsp3) is 0.0426. The molecule has 4 nitrogen and oxygen atoms in total. The molecule has 0 unspecified atom stereocenters. The fourth-order valence-corrected chi connectivity index (χ4v) is 17.8. The van der Waals surface area contributed by atoms with Crippen molar-refractivity contribution >= 4 is 153 Å². The summed E-state index contributed by atoms with van der Waals surface area (Å²) in [6.45, 7) is 6.93. The monoisotopic (exact) mass is 1260 g/mol. The van der Waals surface area contributed by atoms with Crippen LogP contribution in [0.3, 0.4) is 0 Å². The molecule has 6 heterocycles. The molecule has 5 heteroatoms. The highest BCUT2D eigenvalue weighted by Gasteiger charge is 2.42. The summed E-state index contributed by atoms with van der Waals surface area (Å²) in [5.41, 5.74) is 23.1. The van der Waals surface area contributed by atoms with Gasteiger partial charge in [0, 0.05) is 65.6 Å². The quantitative estimate of drug-likeness (QED) is 0.157. The van der Waals surface area contributed by atoms with E-state index in [0.717, 1.165) is 88.9 Å². The van der Waals surface area contributed by atoms with Gasteiger partial charge in [-0.1, -0.05) is 300 Å². The van der Waals surface area contributed by atoms with Crippen LogP contribution >= 0.6 is 0 Å². The molecular formula is C94H63BN4. The highest BCUT2D eigenvalue weighted by atomic mass is 15.1. The summed E-state index contributed by atoms with van der Waals surface area (Å²) in [6, 6.07) is 125. The second kappa shape index (κ2) is 21.0. The second-order valence-electron chi connectivity index (χ2n) is 28.1. The Morgan fingerprint density at radius 1 is 0.232 bits per heavy atom. The Labute approximate surface area is 572 Å². The summed E-state index contributed by atoms with van der Waals surface area (Å²) in [5.74, 6) is 0. The highest BCUT2D eigenvalue weighted by Crippen LogP contribution is 2.48. The standard InChI is InChI=1S/C94H63BN4/c1-94(2,3)60-56-85-89-86(57-60)99-91-62(59-30-8-5-9-31-59)45-27-47-76(91)68-37-13-11-33-64(68)66-35-15-17-43-74(66)88-84(97-81-50-24-20-40-71(81)72-41-21-25-51-82(72)97)55-53-78(93(88)99)95(89)77-52-54-83(96-79-48-22-18-38-69(79)70-39-19-23-49-80(70)96)87-73-42-16-14-34-65(73)63-32-10-12-36-67(63)75-46-26-44-61(58-28-6-4-7-29-58)90(75)98(85)92(77)87/h4-57H,1-3H3. The van der Waals surface area contributed by atoms with E-state index in [1.165, 1.54) is 108 Å². The van der Waals surface area contributed by atoms with E-state index in [1.54, 1.807) is 0 Å². The van der Waals surface area contributed by atoms with Gasteiger partial charge in [0.05, 0.1) is 55.5 Å². The molecule has 21 rings (SSSR count). The average Bonchev–Trinajstić information content (AvgIpc) is 1.62. The summed E-state index contributed by atoms with van der Waals surface area (Å²) < 4.78 is 10.7. The first kappa shape index (κ1) is 55.8. The lowest BCUT2D eigenvalue weighted by atomic mass is 9.34. The maximum absolute atomic E-state index is 2.78. The summed E-state index contributed by atoms with van der Waals surface area (Å²) in [4.78, 5) is 0. The lowest BCUT2D eigenvalue weighted by Crippen LogP contribution is -2.60. The molecule has 0 N–H and O–H groups in total. The number of aromatic nitrogens is 4. The van der Waals surface area contributed by atoms with E-state index in [0.29, 0.717) is 0 Å². The molecule has 0 aliphatic carbocycles. The van der Waals surface area contributed by atoms with Crippen LogP contribution in [0.5, 0.6) is 0 Å². The normalized spacial score (nSPS) is 12.6. The van der Waals surface area contributed by atoms with Crippen molar-refractivity contribution in [1.29, 1.82) is 0 Å². The summed E-state index contributed by atoms with van der Waals surface area (Å²) in [5, 5.41) is 19.0. The maximum atomic E-state index is 2.78. The van der Waals surface area contributed by atoms with E-state index in [1.807, 2.05) is 0 Å². The Bertz CT molecular complexity index is 6380. The van der Waals surface area contributed by atoms with Gasteiger partial charge in [0.25, 0.3) is 6.71 Å². The van der Waals surface area contributed by atoms with Crippen LogP contribution < -0.4 is 16.4 Å².